The van der Waals surface area contributed by atoms with Gasteiger partial charge in [-0.3, -0.25) is 0 Å². The zero-order chi connectivity index (χ0) is 15.5. The average molecular weight is 323 g/mol. The van der Waals surface area contributed by atoms with Crippen molar-refractivity contribution in [2.75, 3.05) is 25.6 Å². The Morgan fingerprint density at radius 3 is 2.95 bits per heavy atom. The lowest BCUT2D eigenvalue weighted by Gasteiger charge is -2.10. The maximum absolute atomic E-state index is 13.6. The molecule has 0 spiro atoms. The molecule has 1 atom stereocenters. The number of hydrogen-bond acceptors (Lipinski definition) is 4. The van der Waals surface area contributed by atoms with Crippen LogP contribution in [0.3, 0.4) is 0 Å². The summed E-state index contributed by atoms with van der Waals surface area (Å²) in [5.41, 5.74) is 6.78. The first-order valence-electron chi connectivity index (χ1n) is 7.05. The third-order valence-electron chi connectivity index (χ3n) is 3.62. The van der Waals surface area contributed by atoms with E-state index in [0.717, 1.165) is 19.6 Å². The maximum Gasteiger partial charge on any atom is 0.213 e. The molecule has 1 saturated heterocycles. The van der Waals surface area contributed by atoms with Gasteiger partial charge in [-0.25, -0.2) is 9.37 Å². The van der Waals surface area contributed by atoms with Crippen molar-refractivity contribution in [3.05, 3.63) is 41.3 Å². The van der Waals surface area contributed by atoms with Crippen LogP contribution in [0.15, 0.2) is 30.5 Å². The highest BCUT2D eigenvalue weighted by Crippen LogP contribution is 2.31. The van der Waals surface area contributed by atoms with Gasteiger partial charge in [0.05, 0.1) is 23.9 Å². The molecule has 116 valence electrons. The number of anilines is 1. The highest BCUT2D eigenvalue weighted by molar-refractivity contribution is 6.33. The molecule has 2 aromatic rings. The Morgan fingerprint density at radius 2 is 2.27 bits per heavy atom. The predicted molar refractivity (Wildman–Crippen MR) is 83.5 cm³/mol. The third-order valence-corrected chi connectivity index (χ3v) is 3.94. The summed E-state index contributed by atoms with van der Waals surface area (Å²) in [6, 6.07) is 6.25. The van der Waals surface area contributed by atoms with E-state index in [-0.39, 0.29) is 5.69 Å². The monoisotopic (exact) mass is 322 g/mol. The zero-order valence-electron chi connectivity index (χ0n) is 11.9. The largest absolute Gasteiger partial charge is 0.477 e. The van der Waals surface area contributed by atoms with E-state index in [1.807, 2.05) is 0 Å². The van der Waals surface area contributed by atoms with Crippen molar-refractivity contribution >= 4 is 17.3 Å². The van der Waals surface area contributed by atoms with E-state index in [1.165, 1.54) is 12.1 Å². The van der Waals surface area contributed by atoms with Crippen LogP contribution in [0.1, 0.15) is 6.42 Å². The topological polar surface area (TPSA) is 57.4 Å². The lowest BCUT2D eigenvalue weighted by molar-refractivity contribution is 0.165. The van der Waals surface area contributed by atoms with E-state index in [4.69, 9.17) is 26.8 Å². The van der Waals surface area contributed by atoms with Crippen LogP contribution in [0.2, 0.25) is 5.02 Å². The van der Waals surface area contributed by atoms with Crippen LogP contribution in [-0.4, -0.2) is 24.8 Å². The molecule has 0 saturated carbocycles. The van der Waals surface area contributed by atoms with Gasteiger partial charge in [0.2, 0.25) is 5.88 Å². The zero-order valence-corrected chi connectivity index (χ0v) is 12.6. The fraction of sp³-hybridized carbons (Fsp3) is 0.312. The normalized spacial score (nSPS) is 17.6. The standard InChI is InChI=1S/C16H16ClFN2O2/c17-13-6-15(19)14(18)5-12(13)11-1-2-16(20-7-11)22-9-10-3-4-21-8-10/h1-2,5-7,10H,3-4,8-9,19H2/t10-/m1/s1. The number of benzene rings is 1. The van der Waals surface area contributed by atoms with Gasteiger partial charge in [0.15, 0.2) is 0 Å². The summed E-state index contributed by atoms with van der Waals surface area (Å²) >= 11 is 6.10. The van der Waals surface area contributed by atoms with Crippen molar-refractivity contribution in [2.45, 2.75) is 6.42 Å². The molecular formula is C16H16ClFN2O2. The number of halogens is 2. The molecule has 2 heterocycles. The van der Waals surface area contributed by atoms with Crippen LogP contribution < -0.4 is 10.5 Å². The molecule has 0 amide bonds. The van der Waals surface area contributed by atoms with Crippen molar-refractivity contribution in [1.82, 2.24) is 4.98 Å². The first-order chi connectivity index (χ1) is 10.6. The second-order valence-electron chi connectivity index (χ2n) is 5.28. The Balaban J connectivity index is 1.72. The minimum Gasteiger partial charge on any atom is -0.477 e. The average Bonchev–Trinajstić information content (AvgIpc) is 3.03. The molecule has 6 heteroatoms. The predicted octanol–water partition coefficient (Wildman–Crippen LogP) is 3.54. The number of nitrogen functional groups attached to an aromatic ring is 1. The van der Waals surface area contributed by atoms with Gasteiger partial charge in [0, 0.05) is 35.9 Å². The summed E-state index contributed by atoms with van der Waals surface area (Å²) in [5.74, 6) is 0.450. The molecule has 3 rings (SSSR count). The van der Waals surface area contributed by atoms with Crippen LogP contribution in [-0.2, 0) is 4.74 Å². The van der Waals surface area contributed by atoms with Crippen molar-refractivity contribution < 1.29 is 13.9 Å². The Morgan fingerprint density at radius 1 is 1.41 bits per heavy atom. The number of rotatable bonds is 4. The molecule has 1 aromatic carbocycles. The molecule has 0 radical (unpaired) electrons. The van der Waals surface area contributed by atoms with Crippen molar-refractivity contribution in [3.8, 4) is 17.0 Å². The molecule has 22 heavy (non-hydrogen) atoms. The molecule has 1 aromatic heterocycles. The quantitative estimate of drug-likeness (QED) is 0.875. The number of hydrogen-bond donors (Lipinski definition) is 1. The molecular weight excluding hydrogens is 307 g/mol. The van der Waals surface area contributed by atoms with Gasteiger partial charge in [-0.15, -0.1) is 0 Å². The summed E-state index contributed by atoms with van der Waals surface area (Å²) in [6.45, 7) is 2.11. The van der Waals surface area contributed by atoms with Crippen molar-refractivity contribution in [3.63, 3.8) is 0 Å². The first-order valence-corrected chi connectivity index (χ1v) is 7.43. The summed E-state index contributed by atoms with van der Waals surface area (Å²) in [7, 11) is 0. The Hall–Kier alpha value is -1.85. The minimum absolute atomic E-state index is 0.0282. The summed E-state index contributed by atoms with van der Waals surface area (Å²) < 4.78 is 24.5. The lowest BCUT2D eigenvalue weighted by Crippen LogP contribution is -2.12. The van der Waals surface area contributed by atoms with Gasteiger partial charge in [-0.2, -0.15) is 0 Å². The summed E-state index contributed by atoms with van der Waals surface area (Å²) in [5, 5.41) is 0.387. The lowest BCUT2D eigenvalue weighted by atomic mass is 10.1. The van der Waals surface area contributed by atoms with Crippen molar-refractivity contribution in [2.24, 2.45) is 5.92 Å². The maximum atomic E-state index is 13.6. The molecule has 1 aliphatic heterocycles. The van der Waals surface area contributed by atoms with Gasteiger partial charge >= 0.3 is 0 Å². The second kappa shape index (κ2) is 6.50. The summed E-state index contributed by atoms with van der Waals surface area (Å²) in [4.78, 5) is 4.23. The van der Waals surface area contributed by atoms with Gasteiger partial charge in [0.25, 0.3) is 0 Å². The van der Waals surface area contributed by atoms with Crippen molar-refractivity contribution in [1.29, 1.82) is 0 Å². The number of nitrogens with zero attached hydrogens (tertiary/aromatic N) is 1. The molecule has 0 unspecified atom stereocenters. The highest BCUT2D eigenvalue weighted by atomic mass is 35.5. The Bertz CT molecular complexity index is 658. The molecule has 1 aliphatic rings. The van der Waals surface area contributed by atoms with Crippen LogP contribution in [0.25, 0.3) is 11.1 Å². The molecule has 0 aliphatic carbocycles. The molecule has 2 N–H and O–H groups in total. The Labute approximate surface area is 133 Å². The van der Waals surface area contributed by atoms with Crippen LogP contribution >= 0.6 is 11.6 Å². The van der Waals surface area contributed by atoms with E-state index in [1.54, 1.807) is 18.3 Å². The number of nitrogens with two attached hydrogens (primary N) is 1. The SMILES string of the molecule is Nc1cc(Cl)c(-c2ccc(OC[C@@H]3CCOC3)nc2)cc1F. The minimum atomic E-state index is -0.499. The van der Waals surface area contributed by atoms with Crippen LogP contribution in [0.4, 0.5) is 10.1 Å². The van der Waals surface area contributed by atoms with Crippen LogP contribution in [0.5, 0.6) is 5.88 Å². The number of aromatic nitrogens is 1. The van der Waals surface area contributed by atoms with E-state index in [2.05, 4.69) is 4.98 Å². The fourth-order valence-corrected chi connectivity index (χ4v) is 2.61. The molecule has 0 bridgehead atoms. The molecule has 4 nitrogen and oxygen atoms in total. The number of pyridine rings is 1. The van der Waals surface area contributed by atoms with Gasteiger partial charge < -0.3 is 15.2 Å². The molecule has 1 fully saturated rings. The summed E-state index contributed by atoms with van der Waals surface area (Å²) in [6.07, 6.45) is 2.62. The van der Waals surface area contributed by atoms with Gasteiger partial charge in [-0.1, -0.05) is 11.6 Å². The Kier molecular flexibility index (Phi) is 4.45. The van der Waals surface area contributed by atoms with E-state index in [0.29, 0.717) is 34.6 Å². The second-order valence-corrected chi connectivity index (χ2v) is 5.69. The van der Waals surface area contributed by atoms with Gasteiger partial charge in [0.1, 0.15) is 5.82 Å². The number of ether oxygens (including phenoxy) is 2. The van der Waals surface area contributed by atoms with Gasteiger partial charge in [-0.05, 0) is 24.6 Å². The van der Waals surface area contributed by atoms with E-state index >= 15 is 0 Å². The van der Waals surface area contributed by atoms with E-state index in [9.17, 15) is 4.39 Å². The highest BCUT2D eigenvalue weighted by Gasteiger charge is 2.16. The fourth-order valence-electron chi connectivity index (χ4n) is 2.33. The van der Waals surface area contributed by atoms with E-state index < -0.39 is 5.82 Å². The first kappa shape index (κ1) is 15.1. The smallest absolute Gasteiger partial charge is 0.213 e. The van der Waals surface area contributed by atoms with Crippen LogP contribution in [0, 0.1) is 11.7 Å². The third kappa shape index (κ3) is 3.31.